The number of benzene rings is 1. The van der Waals surface area contributed by atoms with Crippen LogP contribution in [-0.4, -0.2) is 14.7 Å². The van der Waals surface area contributed by atoms with Crippen LogP contribution in [0.25, 0.3) is 0 Å². The van der Waals surface area contributed by atoms with E-state index in [1.165, 1.54) is 0 Å². The third-order valence-corrected chi connectivity index (χ3v) is 4.19. The van der Waals surface area contributed by atoms with E-state index in [4.69, 9.17) is 0 Å². The molecule has 1 aromatic rings. The molecule has 0 aromatic heterocycles. The molecule has 0 radical (unpaired) electrons. The zero-order valence-corrected chi connectivity index (χ0v) is 11.1. The Hall–Kier alpha value is -0.190. The Morgan fingerprint density at radius 2 is 1.86 bits per heavy atom. The van der Waals surface area contributed by atoms with Crippen molar-refractivity contribution < 1.29 is 8.42 Å². The Bertz CT molecular complexity index is 466. The second-order valence-corrected chi connectivity index (χ2v) is 5.48. The van der Waals surface area contributed by atoms with Gasteiger partial charge in [-0.1, -0.05) is 0 Å². The highest BCUT2D eigenvalue weighted by atomic mass is 127. The van der Waals surface area contributed by atoms with Crippen LogP contribution in [0.2, 0.25) is 0 Å². The van der Waals surface area contributed by atoms with Gasteiger partial charge in [-0.2, -0.15) is 0 Å². The number of sulfone groups is 1. The van der Waals surface area contributed by atoms with E-state index in [-0.39, 0.29) is 4.90 Å². The van der Waals surface area contributed by atoms with Crippen molar-refractivity contribution in [1.82, 2.24) is 0 Å². The Kier molecular flexibility index (Phi) is 4.29. The van der Waals surface area contributed by atoms with Crippen molar-refractivity contribution in [3.05, 3.63) is 24.3 Å². The van der Waals surface area contributed by atoms with Gasteiger partial charge in [0.15, 0.2) is 0 Å². The van der Waals surface area contributed by atoms with Gasteiger partial charge in [0, 0.05) is 32.7 Å². The maximum atomic E-state index is 11.4. The van der Waals surface area contributed by atoms with Gasteiger partial charge in [0.2, 0.25) is 9.84 Å². The molecule has 1 rings (SSSR count). The fraction of sp³-hybridized carbons (Fsp3) is 0.111. The highest BCUT2D eigenvalue weighted by Crippen LogP contribution is 2.18. The largest absolute Gasteiger partial charge is 0.245 e. The van der Waals surface area contributed by atoms with Crippen LogP contribution in [0.3, 0.4) is 0 Å². The van der Waals surface area contributed by atoms with Gasteiger partial charge in [-0.05, 0) is 34.4 Å². The van der Waals surface area contributed by atoms with E-state index in [1.807, 2.05) is 6.26 Å². The third-order valence-electron chi connectivity index (χ3n) is 1.54. The van der Waals surface area contributed by atoms with Gasteiger partial charge in [0.05, 0.1) is 4.90 Å². The third kappa shape index (κ3) is 2.90. The highest BCUT2D eigenvalue weighted by Gasteiger charge is 2.09. The van der Waals surface area contributed by atoms with Crippen LogP contribution < -0.4 is 0 Å². The van der Waals surface area contributed by atoms with Crippen molar-refractivity contribution >= 4 is 44.2 Å². The lowest BCUT2D eigenvalue weighted by atomic mass is 10.4. The highest BCUT2D eigenvalue weighted by molar-refractivity contribution is 14.1. The molecule has 0 unspecified atom stereocenters. The quantitative estimate of drug-likeness (QED) is 0.472. The van der Waals surface area contributed by atoms with E-state index in [2.05, 4.69) is 9.18 Å². The molecule has 0 heterocycles. The number of rotatable bonds is 2. The first-order chi connectivity index (χ1) is 6.60. The lowest BCUT2D eigenvalue weighted by Crippen LogP contribution is -1.95. The van der Waals surface area contributed by atoms with Crippen LogP contribution >= 0.6 is 34.4 Å². The van der Waals surface area contributed by atoms with E-state index in [0.717, 1.165) is 4.90 Å². The number of hydrogen-bond acceptors (Lipinski definition) is 3. The van der Waals surface area contributed by atoms with Crippen LogP contribution in [-0.2, 0) is 9.84 Å². The average molecular weight is 338 g/mol. The molecular formula is C9H7IO2S2. The Morgan fingerprint density at radius 3 is 2.29 bits per heavy atom. The standard InChI is InChI=1S/C9H7IO2S2/c1-13-8-2-4-9(5-3-8)14(11,12)7-6-10/h2-5H,1H3. The van der Waals surface area contributed by atoms with Gasteiger partial charge in [0.25, 0.3) is 0 Å². The van der Waals surface area contributed by atoms with Gasteiger partial charge in [-0.15, -0.1) is 11.8 Å². The second-order valence-electron chi connectivity index (χ2n) is 2.38. The van der Waals surface area contributed by atoms with Crippen LogP contribution in [0.1, 0.15) is 0 Å². The minimum absolute atomic E-state index is 0.250. The lowest BCUT2D eigenvalue weighted by Gasteiger charge is -1.98. The molecule has 5 heteroatoms. The van der Waals surface area contributed by atoms with Gasteiger partial charge < -0.3 is 0 Å². The van der Waals surface area contributed by atoms with Crippen molar-refractivity contribution in [3.8, 4) is 9.18 Å². The zero-order chi connectivity index (χ0) is 10.6. The molecule has 0 aliphatic carbocycles. The molecule has 14 heavy (non-hydrogen) atoms. The number of thioether (sulfide) groups is 1. The predicted octanol–water partition coefficient (Wildman–Crippen LogP) is 2.54. The maximum absolute atomic E-state index is 11.4. The average Bonchev–Trinajstić information content (AvgIpc) is 2.18. The minimum atomic E-state index is -3.41. The summed E-state index contributed by atoms with van der Waals surface area (Å²) in [5.74, 6) is 0. The first-order valence-electron chi connectivity index (χ1n) is 3.61. The summed E-state index contributed by atoms with van der Waals surface area (Å²) >= 11 is 3.28. The zero-order valence-electron chi connectivity index (χ0n) is 7.32. The fourth-order valence-electron chi connectivity index (χ4n) is 0.865. The van der Waals surface area contributed by atoms with Gasteiger partial charge in [0.1, 0.15) is 0 Å². The predicted molar refractivity (Wildman–Crippen MR) is 67.2 cm³/mol. The summed E-state index contributed by atoms with van der Waals surface area (Å²) in [5.41, 5.74) is 0. The van der Waals surface area contributed by atoms with Crippen molar-refractivity contribution in [2.75, 3.05) is 6.26 Å². The summed E-state index contributed by atoms with van der Waals surface area (Å²) in [6, 6.07) is 6.68. The summed E-state index contributed by atoms with van der Waals surface area (Å²) in [5, 5.41) is 2.18. The number of halogens is 1. The smallest absolute Gasteiger partial charge is 0.210 e. The van der Waals surface area contributed by atoms with E-state index < -0.39 is 9.84 Å². The number of hydrogen-bond donors (Lipinski definition) is 0. The van der Waals surface area contributed by atoms with E-state index >= 15 is 0 Å². The molecule has 0 saturated heterocycles. The summed E-state index contributed by atoms with van der Waals surface area (Å²) < 4.78 is 25.3. The minimum Gasteiger partial charge on any atom is -0.210 e. The van der Waals surface area contributed by atoms with Crippen LogP contribution in [0.5, 0.6) is 0 Å². The molecule has 0 saturated carbocycles. The molecule has 74 valence electrons. The lowest BCUT2D eigenvalue weighted by molar-refractivity contribution is 0.606. The van der Waals surface area contributed by atoms with Gasteiger partial charge in [-0.25, -0.2) is 8.42 Å². The van der Waals surface area contributed by atoms with Crippen LogP contribution in [0.15, 0.2) is 34.1 Å². The fourth-order valence-corrected chi connectivity index (χ4v) is 2.86. The molecule has 0 spiro atoms. The molecule has 0 N–H and O–H groups in total. The molecule has 0 aliphatic rings. The normalized spacial score (nSPS) is 10.4. The Labute approximate surface area is 102 Å². The molecule has 0 bridgehead atoms. The Morgan fingerprint density at radius 1 is 1.29 bits per heavy atom. The topological polar surface area (TPSA) is 34.1 Å². The van der Waals surface area contributed by atoms with E-state index in [1.54, 1.807) is 58.6 Å². The monoisotopic (exact) mass is 338 g/mol. The summed E-state index contributed by atoms with van der Waals surface area (Å²) in [6.45, 7) is 0. The van der Waals surface area contributed by atoms with Crippen LogP contribution in [0.4, 0.5) is 0 Å². The second kappa shape index (κ2) is 5.05. The van der Waals surface area contributed by atoms with Crippen molar-refractivity contribution in [3.63, 3.8) is 0 Å². The molecular weight excluding hydrogens is 331 g/mol. The van der Waals surface area contributed by atoms with Crippen molar-refractivity contribution in [2.24, 2.45) is 0 Å². The SMILES string of the molecule is CSc1ccc(S(=O)(=O)C#CI)cc1. The maximum Gasteiger partial charge on any atom is 0.245 e. The first kappa shape index (κ1) is 11.9. The molecule has 0 aliphatic heterocycles. The summed E-state index contributed by atoms with van der Waals surface area (Å²) in [7, 11) is -3.41. The van der Waals surface area contributed by atoms with Gasteiger partial charge >= 0.3 is 0 Å². The molecule has 0 atom stereocenters. The van der Waals surface area contributed by atoms with E-state index in [0.29, 0.717) is 0 Å². The van der Waals surface area contributed by atoms with Crippen LogP contribution in [0, 0.1) is 9.18 Å². The molecule has 0 fully saturated rings. The van der Waals surface area contributed by atoms with Crippen molar-refractivity contribution in [1.29, 1.82) is 0 Å². The van der Waals surface area contributed by atoms with Crippen molar-refractivity contribution in [2.45, 2.75) is 9.79 Å². The molecule has 0 amide bonds. The first-order valence-corrected chi connectivity index (χ1v) is 7.40. The summed E-state index contributed by atoms with van der Waals surface area (Å²) in [4.78, 5) is 1.28. The summed E-state index contributed by atoms with van der Waals surface area (Å²) in [6.07, 6.45) is 1.94. The Balaban J connectivity index is 3.14. The molecule has 2 nitrogen and oxygen atoms in total. The molecule has 1 aromatic carbocycles. The van der Waals surface area contributed by atoms with E-state index in [9.17, 15) is 8.42 Å². The van der Waals surface area contributed by atoms with Gasteiger partial charge in [-0.3, -0.25) is 0 Å².